The number of hydrogen-bond donors (Lipinski definition) is 1. The lowest BCUT2D eigenvalue weighted by Crippen LogP contribution is -2.12. The maximum absolute atomic E-state index is 10.8. The van der Waals surface area contributed by atoms with Crippen molar-refractivity contribution in [2.45, 2.75) is 4.90 Å². The normalized spacial score (nSPS) is 9.54. The number of hydrogen-bond acceptors (Lipinski definition) is 4. The van der Waals surface area contributed by atoms with Gasteiger partial charge in [-0.1, -0.05) is 12.1 Å². The first-order valence-electron chi connectivity index (χ1n) is 3.32. The average Bonchev–Trinajstić information content (AvgIpc) is 2.03. The maximum atomic E-state index is 10.8. The molecule has 0 aliphatic rings. The summed E-state index contributed by atoms with van der Waals surface area (Å²) in [6.07, 6.45) is 0. The maximum Gasteiger partial charge on any atom is 0.266 e. The van der Waals surface area contributed by atoms with Crippen LogP contribution in [0.5, 0.6) is 0 Å². The Bertz CT molecular complexity index is 353. The molecular weight excluding hydrogens is 192 g/mol. The Hall–Kier alpha value is -1.56. The molecule has 1 aromatic carbocycles. The van der Waals surface area contributed by atoms with Crippen molar-refractivity contribution in [3.8, 4) is 0 Å². The number of rotatable bonds is 3. The monoisotopic (exact) mass is 198 g/mol. The number of nitrogens with two attached hydrogens (primary N) is 1. The Morgan fingerprint density at radius 3 is 2.62 bits per heavy atom. The fraction of sp³-hybridized carbons (Fsp3) is 0. The van der Waals surface area contributed by atoms with Crippen LogP contribution in [-0.2, 0) is 0 Å². The van der Waals surface area contributed by atoms with Gasteiger partial charge in [0.15, 0.2) is 0 Å². The van der Waals surface area contributed by atoms with Crippen molar-refractivity contribution in [3.63, 3.8) is 0 Å². The van der Waals surface area contributed by atoms with E-state index in [0.717, 1.165) is 0 Å². The number of benzene rings is 1. The molecule has 0 bridgehead atoms. The zero-order valence-electron chi connectivity index (χ0n) is 6.47. The first-order chi connectivity index (χ1) is 6.11. The van der Waals surface area contributed by atoms with Crippen molar-refractivity contribution in [3.05, 3.63) is 39.9 Å². The second-order valence-corrected chi connectivity index (χ2v) is 3.10. The third-order valence-electron chi connectivity index (χ3n) is 1.33. The van der Waals surface area contributed by atoms with Crippen molar-refractivity contribution in [2.24, 2.45) is 5.73 Å². The van der Waals surface area contributed by atoms with E-state index >= 15 is 0 Å². The molecule has 0 aliphatic carbocycles. The molecule has 0 aliphatic heterocycles. The zero-order valence-corrected chi connectivity index (χ0v) is 7.28. The van der Waals surface area contributed by atoms with Crippen LogP contribution in [0.4, 0.5) is 0 Å². The third kappa shape index (κ3) is 2.45. The first kappa shape index (κ1) is 9.53. The molecule has 1 amide bonds. The summed E-state index contributed by atoms with van der Waals surface area (Å²) >= 11 is 0.375. The summed E-state index contributed by atoms with van der Waals surface area (Å²) in [6, 6.07) is 6.14. The second-order valence-electron chi connectivity index (χ2n) is 2.18. The largest absolute Gasteiger partial charge is 0.366 e. The lowest BCUT2D eigenvalue weighted by molar-refractivity contribution is -0.284. The molecule has 6 heteroatoms. The van der Waals surface area contributed by atoms with Crippen LogP contribution in [0.1, 0.15) is 10.4 Å². The predicted molar refractivity (Wildman–Crippen MR) is 47.8 cm³/mol. The minimum absolute atomic E-state index is 0.171. The lowest BCUT2D eigenvalue weighted by atomic mass is 10.2. The molecule has 0 spiro atoms. The molecule has 0 heterocycles. The van der Waals surface area contributed by atoms with Crippen LogP contribution in [0.2, 0.25) is 0 Å². The van der Waals surface area contributed by atoms with Gasteiger partial charge in [-0.25, -0.2) is 0 Å². The number of primary amides is 1. The highest BCUT2D eigenvalue weighted by atomic mass is 32.2. The molecular formula is C7H6N2O3S. The number of nitro groups is 1. The Morgan fingerprint density at radius 2 is 2.08 bits per heavy atom. The molecule has 0 unspecified atom stereocenters. The first-order valence-corrected chi connectivity index (χ1v) is 4.10. The molecule has 0 atom stereocenters. The van der Waals surface area contributed by atoms with Crippen LogP contribution in [0, 0.1) is 10.1 Å². The van der Waals surface area contributed by atoms with E-state index in [1.165, 1.54) is 12.1 Å². The van der Waals surface area contributed by atoms with E-state index in [2.05, 4.69) is 0 Å². The molecule has 68 valence electrons. The highest BCUT2D eigenvalue weighted by Gasteiger charge is 2.13. The van der Waals surface area contributed by atoms with Crippen LogP contribution in [0.25, 0.3) is 0 Å². The smallest absolute Gasteiger partial charge is 0.266 e. The summed E-state index contributed by atoms with van der Waals surface area (Å²) in [5.41, 5.74) is 5.19. The van der Waals surface area contributed by atoms with E-state index in [-0.39, 0.29) is 10.5 Å². The zero-order chi connectivity index (χ0) is 9.84. The molecule has 5 nitrogen and oxygen atoms in total. The molecule has 0 saturated carbocycles. The number of carbonyl (C=O) groups excluding carboxylic acids is 1. The van der Waals surface area contributed by atoms with Gasteiger partial charge in [0, 0.05) is 0 Å². The van der Waals surface area contributed by atoms with Crippen LogP contribution >= 0.6 is 11.9 Å². The van der Waals surface area contributed by atoms with Crippen LogP contribution < -0.4 is 5.73 Å². The molecule has 0 fully saturated rings. The van der Waals surface area contributed by atoms with Gasteiger partial charge < -0.3 is 5.73 Å². The highest BCUT2D eigenvalue weighted by Crippen LogP contribution is 2.21. The van der Waals surface area contributed by atoms with Crippen LogP contribution in [-0.4, -0.2) is 10.2 Å². The van der Waals surface area contributed by atoms with Crippen molar-refractivity contribution >= 4 is 17.9 Å². The highest BCUT2D eigenvalue weighted by molar-refractivity contribution is 7.93. The van der Waals surface area contributed by atoms with E-state index in [1.54, 1.807) is 12.1 Å². The van der Waals surface area contributed by atoms with Gasteiger partial charge in [-0.05, 0) is 12.1 Å². The molecule has 1 rings (SSSR count). The van der Waals surface area contributed by atoms with Crippen molar-refractivity contribution in [1.82, 2.24) is 0 Å². The lowest BCUT2D eigenvalue weighted by Gasteiger charge is -1.98. The van der Waals surface area contributed by atoms with Gasteiger partial charge in [-0.2, -0.15) is 0 Å². The number of carbonyl (C=O) groups is 1. The van der Waals surface area contributed by atoms with Gasteiger partial charge >= 0.3 is 0 Å². The van der Waals surface area contributed by atoms with Crippen LogP contribution in [0.3, 0.4) is 0 Å². The summed E-state index contributed by atoms with van der Waals surface area (Å²) in [6.45, 7) is 0. The molecule has 0 radical (unpaired) electrons. The van der Waals surface area contributed by atoms with Crippen LogP contribution in [0.15, 0.2) is 29.2 Å². The van der Waals surface area contributed by atoms with Gasteiger partial charge in [0.1, 0.15) is 4.33 Å². The van der Waals surface area contributed by atoms with Gasteiger partial charge in [0.25, 0.3) is 11.9 Å². The SMILES string of the molecule is NC(=O)c1ccccc1S[N+](=O)[O-]. The topological polar surface area (TPSA) is 86.2 Å². The number of nitrogens with zero attached hydrogens (tertiary/aromatic N) is 1. The predicted octanol–water partition coefficient (Wildman–Crippen LogP) is 1.07. The van der Waals surface area contributed by atoms with E-state index in [1.807, 2.05) is 0 Å². The average molecular weight is 198 g/mol. The molecule has 13 heavy (non-hydrogen) atoms. The van der Waals surface area contributed by atoms with Gasteiger partial charge in [-0.15, -0.1) is 0 Å². The van der Waals surface area contributed by atoms with Gasteiger partial charge in [0.05, 0.1) is 10.5 Å². The molecule has 0 aromatic heterocycles. The summed E-state index contributed by atoms with van der Waals surface area (Å²) in [5.74, 6) is -0.662. The van der Waals surface area contributed by atoms with E-state index in [9.17, 15) is 14.9 Å². The molecule has 2 N–H and O–H groups in total. The Labute approximate surface area is 78.2 Å². The van der Waals surface area contributed by atoms with E-state index in [4.69, 9.17) is 5.73 Å². The summed E-state index contributed by atoms with van der Waals surface area (Å²) in [5, 5.41) is 10.2. The minimum Gasteiger partial charge on any atom is -0.366 e. The van der Waals surface area contributed by atoms with E-state index < -0.39 is 10.2 Å². The standard InChI is InChI=1S/C7H6N2O3S/c8-7(10)5-3-1-2-4-6(5)13-9(11)12/h1-4H,(H2,8,10). The molecule has 1 aromatic rings. The minimum atomic E-state index is -0.662. The van der Waals surface area contributed by atoms with Crippen molar-refractivity contribution in [1.29, 1.82) is 0 Å². The summed E-state index contributed by atoms with van der Waals surface area (Å²) in [7, 11) is 0. The fourth-order valence-corrected chi connectivity index (χ4v) is 1.40. The van der Waals surface area contributed by atoms with Gasteiger partial charge in [0.2, 0.25) is 5.91 Å². The Balaban J connectivity index is 3.04. The third-order valence-corrected chi connectivity index (χ3v) is 2.03. The van der Waals surface area contributed by atoms with Crippen molar-refractivity contribution in [2.75, 3.05) is 0 Å². The Morgan fingerprint density at radius 1 is 1.46 bits per heavy atom. The molecule has 0 saturated heterocycles. The Kier molecular flexibility index (Phi) is 2.86. The fourth-order valence-electron chi connectivity index (χ4n) is 0.830. The quantitative estimate of drug-likeness (QED) is 0.447. The summed E-state index contributed by atoms with van der Waals surface area (Å²) < 4.78 is -0.582. The van der Waals surface area contributed by atoms with E-state index in [0.29, 0.717) is 11.9 Å². The second kappa shape index (κ2) is 3.90. The number of amides is 1. The van der Waals surface area contributed by atoms with Crippen molar-refractivity contribution < 1.29 is 9.12 Å². The van der Waals surface area contributed by atoms with Gasteiger partial charge in [-0.3, -0.25) is 14.9 Å². The summed E-state index contributed by atoms with van der Waals surface area (Å²) in [4.78, 5) is 21.2.